The highest BCUT2D eigenvalue weighted by Crippen LogP contribution is 2.42. The normalized spacial score (nSPS) is 17.6. The van der Waals surface area contributed by atoms with E-state index in [1.807, 2.05) is 252 Å². The van der Waals surface area contributed by atoms with Gasteiger partial charge >= 0.3 is 0 Å². The molecule has 6 amide bonds. The van der Waals surface area contributed by atoms with E-state index in [2.05, 4.69) is 42.6 Å². The van der Waals surface area contributed by atoms with Crippen molar-refractivity contribution < 1.29 is 43.1 Å². The second kappa shape index (κ2) is 36.3. The molecule has 4 N–H and O–H groups in total. The van der Waals surface area contributed by atoms with E-state index in [0.29, 0.717) is 63.2 Å². The van der Waals surface area contributed by atoms with Gasteiger partial charge < -0.3 is 44.9 Å². The Kier molecular flexibility index (Phi) is 26.0. The topological polar surface area (TPSA) is 214 Å². The minimum atomic E-state index is -0.528. The predicted molar refractivity (Wildman–Crippen MR) is 454 cm³/mol. The van der Waals surface area contributed by atoms with Gasteiger partial charge in [0.05, 0.1) is 59.7 Å². The number of carbonyl (C=O) groups is 8. The zero-order chi connectivity index (χ0) is 77.4. The van der Waals surface area contributed by atoms with Gasteiger partial charge in [0, 0.05) is 76.8 Å². The van der Waals surface area contributed by atoms with Crippen molar-refractivity contribution in [3.63, 3.8) is 0 Å². The Morgan fingerprint density at radius 1 is 0.407 bits per heavy atom. The third kappa shape index (κ3) is 17.7. The molecule has 113 heavy (non-hydrogen) atoms. The smallest absolute Gasteiger partial charge is 0.247 e. The number of H-pyrrole nitrogens is 2. The molecule has 17 nitrogen and oxygen atoms in total. The first-order chi connectivity index (χ1) is 53.9. The summed E-state index contributed by atoms with van der Waals surface area (Å²) in [6.45, 7) is 9.96. The zero-order valence-electron chi connectivity index (χ0n) is 63.3. The number of rotatable bonds is 22. The molecule has 582 valence electrons. The number of benzene rings is 9. The number of methoxy groups -OCH3 is 1. The number of carbonyl (C=O) groups excluding carboxylic acids is 8. The number of fused-ring (bicyclic) bond motifs is 2. The molecule has 2 unspecified atom stereocenters. The number of hydrogen-bond donors (Lipinski definition) is 4. The third-order valence-corrected chi connectivity index (χ3v) is 23.7. The van der Waals surface area contributed by atoms with Crippen molar-refractivity contribution in [2.75, 3.05) is 43.9 Å². The van der Waals surface area contributed by atoms with E-state index in [9.17, 15) is 38.4 Å². The lowest BCUT2D eigenvalue weighted by Crippen LogP contribution is -2.44. The van der Waals surface area contributed by atoms with Crippen molar-refractivity contribution in [1.29, 1.82) is 0 Å². The Morgan fingerprint density at radius 3 is 1.16 bits per heavy atom. The summed E-state index contributed by atoms with van der Waals surface area (Å²) >= 11 is 3.80. The Morgan fingerprint density at radius 2 is 0.752 bits per heavy atom. The van der Waals surface area contributed by atoms with Crippen LogP contribution in [0, 0.1) is 0 Å². The number of nitrogens with one attached hydrogen (secondary N) is 4. The van der Waals surface area contributed by atoms with Crippen LogP contribution in [0.1, 0.15) is 151 Å². The van der Waals surface area contributed by atoms with Crippen molar-refractivity contribution in [3.8, 4) is 39.4 Å². The fourth-order valence-electron chi connectivity index (χ4n) is 16.6. The molecule has 11 aromatic rings. The van der Waals surface area contributed by atoms with Gasteiger partial charge in [0.25, 0.3) is 0 Å². The lowest BCUT2D eigenvalue weighted by Gasteiger charge is -2.27. The van der Waals surface area contributed by atoms with Crippen molar-refractivity contribution in [1.82, 2.24) is 29.6 Å². The Hall–Kier alpha value is -11.5. The van der Waals surface area contributed by atoms with Gasteiger partial charge in [0.15, 0.2) is 11.6 Å². The van der Waals surface area contributed by atoms with Gasteiger partial charge in [-0.25, -0.2) is 0 Å². The van der Waals surface area contributed by atoms with Crippen LogP contribution in [-0.4, -0.2) is 134 Å². The molecule has 8 atom stereocenters. The molecule has 9 aromatic carbocycles. The largest absolute Gasteiger partial charge is 0.497 e. The van der Waals surface area contributed by atoms with E-state index < -0.39 is 24.2 Å². The third-order valence-electron chi connectivity index (χ3n) is 22.9. The summed E-state index contributed by atoms with van der Waals surface area (Å²) in [5.74, 6) is -0.785. The van der Waals surface area contributed by atoms with E-state index >= 15 is 0 Å². The highest BCUT2D eigenvalue weighted by molar-refractivity contribution is 9.10. The number of likely N-dealkylation sites (tertiary alicyclic amines) is 4. The quantitative estimate of drug-likeness (QED) is 0.0507. The van der Waals surface area contributed by atoms with Crippen LogP contribution in [0.25, 0.3) is 55.4 Å². The van der Waals surface area contributed by atoms with Crippen LogP contribution in [-0.2, 0) is 51.2 Å². The summed E-state index contributed by atoms with van der Waals surface area (Å²) in [4.78, 5) is 123. The summed E-state index contributed by atoms with van der Waals surface area (Å²) in [6.07, 6.45) is 6.24. The molecule has 0 saturated carbocycles. The monoisotopic (exact) mass is 1580 g/mol. The van der Waals surface area contributed by atoms with Crippen molar-refractivity contribution in [2.45, 2.75) is 155 Å². The van der Waals surface area contributed by atoms with Crippen molar-refractivity contribution in [2.24, 2.45) is 0 Å². The van der Waals surface area contributed by atoms with Crippen LogP contribution in [0.3, 0.4) is 0 Å². The predicted octanol–water partition coefficient (Wildman–Crippen LogP) is 18.7. The number of anilines is 2. The molecular weight excluding hydrogens is 1480 g/mol. The fourth-order valence-corrected chi connectivity index (χ4v) is 17.2. The molecule has 4 fully saturated rings. The zero-order valence-corrected chi connectivity index (χ0v) is 64.9. The second-order valence-electron chi connectivity index (χ2n) is 29.9. The standard InChI is InChI=1S/C50H50N4O5.C43H43BrN4O4.2CH4/c1-32(35-12-6-4-7-13-35)48(56)43-16-10-28-53(43)45(55)31-34-18-27-42-41(30-34)46(37-21-25-40(59-3)26-22-37)47(52-42)38-19-23-39(24-20-38)51-49(57)44-17-11-29-54(44)50(58)33(2)36-14-8-5-9-15-36;1-27(30-11-5-3-6-12-30)41(50)36-15-9-23-47(36)38(49)26-29-17-22-35-34(25-29)39(44)40(46-35)32-18-20-33(21-19-32)45-42(51)37-16-10-24-48(37)43(52)28(2)31-13-7-4-8-14-31;;/h4-9,12-15,18-27,30,32-33,43-44,52H,10-11,16-17,28-29,31H2,1-3H3,(H,51,57);3-8,11-14,17-22,25,27-28,36-37,46H,9-10,15-16,23-24,26H2,1-2H3,(H,45,51);2*1H4/t32-,33-,43?,44+;27-,28-,36?,37+;;/m11../s1. The molecule has 0 bridgehead atoms. The number of amides is 6. The van der Waals surface area contributed by atoms with E-state index in [4.69, 9.17) is 4.74 Å². The molecule has 0 aliphatic carbocycles. The number of hydrogen-bond acceptors (Lipinski definition) is 9. The maximum Gasteiger partial charge on any atom is 0.247 e. The molecule has 6 heterocycles. The minimum Gasteiger partial charge on any atom is -0.497 e. The fraction of sp³-hybridized carbons (Fsp3) is 0.305. The molecule has 15 rings (SSSR count). The molecular formula is C95H101BrN8O9. The number of ether oxygens (including phenoxy) is 1. The van der Waals surface area contributed by atoms with Crippen LogP contribution in [0.2, 0.25) is 0 Å². The first-order valence-corrected chi connectivity index (χ1v) is 39.6. The first kappa shape index (κ1) is 81.0. The number of Topliss-reactive ketones (excluding diaryl/α,β-unsaturated/α-hetero) is 2. The highest BCUT2D eigenvalue weighted by Gasteiger charge is 2.41. The van der Waals surface area contributed by atoms with Gasteiger partial charge in [0.1, 0.15) is 17.8 Å². The Labute approximate surface area is 671 Å². The van der Waals surface area contributed by atoms with Crippen LogP contribution in [0.15, 0.2) is 235 Å². The van der Waals surface area contributed by atoms with E-state index in [0.717, 1.165) is 125 Å². The molecule has 18 heteroatoms. The number of nitrogens with zero attached hydrogens (tertiary/aromatic N) is 4. The number of ketones is 2. The summed E-state index contributed by atoms with van der Waals surface area (Å²) < 4.78 is 6.35. The summed E-state index contributed by atoms with van der Waals surface area (Å²) in [5, 5.41) is 8.03. The summed E-state index contributed by atoms with van der Waals surface area (Å²) in [5.41, 5.74) is 14.3. The summed E-state index contributed by atoms with van der Waals surface area (Å²) in [6, 6.07) is 72.4. The minimum absolute atomic E-state index is 0. The van der Waals surface area contributed by atoms with Gasteiger partial charge in [-0.3, -0.25) is 38.4 Å². The Bertz CT molecular complexity index is 5210. The van der Waals surface area contributed by atoms with E-state index in [1.165, 1.54) is 0 Å². The highest BCUT2D eigenvalue weighted by atomic mass is 79.9. The van der Waals surface area contributed by atoms with Crippen molar-refractivity contribution in [3.05, 3.63) is 268 Å². The first-order valence-electron chi connectivity index (χ1n) is 38.8. The molecule has 0 spiro atoms. The second-order valence-corrected chi connectivity index (χ2v) is 30.7. The van der Waals surface area contributed by atoms with Gasteiger partial charge in [-0.1, -0.05) is 199 Å². The average Bonchev–Trinajstić information content (AvgIpc) is 1.61. The van der Waals surface area contributed by atoms with Gasteiger partial charge in [-0.05, 0) is 192 Å². The number of aromatic nitrogens is 2. The van der Waals surface area contributed by atoms with E-state index in [-0.39, 0.29) is 98.4 Å². The maximum absolute atomic E-state index is 13.9. The SMILES string of the molecule is C.C.COc1ccc(-c2c(-c3ccc(NC(=O)[C@@H]4CCCN4C(=O)[C@H](C)c4ccccc4)cc3)[nH]c3ccc(CC(=O)N4CCCC4C(=O)[C@H](C)c4ccccc4)cc23)cc1.C[C@@H](C(=O)C1CCCN1C(=O)Cc1ccc2[nH]c(-c3ccc(NC(=O)[C@@H]4CCCN4C(=O)[C@H](C)c4ccccc4)cc3)c(Br)c2c1)c1ccccc1. The maximum atomic E-state index is 13.9. The van der Waals surface area contributed by atoms with E-state index in [1.54, 1.807) is 26.7 Å². The lowest BCUT2D eigenvalue weighted by atomic mass is 9.91. The molecule has 2 aromatic heterocycles. The average molecular weight is 1580 g/mol. The van der Waals surface area contributed by atoms with Crippen molar-refractivity contribution >= 4 is 96.1 Å². The van der Waals surface area contributed by atoms with Crippen LogP contribution < -0.4 is 15.4 Å². The number of halogens is 1. The van der Waals surface area contributed by atoms with Gasteiger partial charge in [-0.2, -0.15) is 0 Å². The Balaban J connectivity index is 0.000000207. The van der Waals surface area contributed by atoms with Crippen LogP contribution >= 0.6 is 15.9 Å². The molecule has 4 saturated heterocycles. The van der Waals surface area contributed by atoms with Gasteiger partial charge in [0.2, 0.25) is 35.4 Å². The summed E-state index contributed by atoms with van der Waals surface area (Å²) in [7, 11) is 1.64. The molecule has 0 radical (unpaired) electrons. The van der Waals surface area contributed by atoms with Crippen LogP contribution in [0.4, 0.5) is 11.4 Å². The molecule has 4 aliphatic heterocycles. The van der Waals surface area contributed by atoms with Gasteiger partial charge in [-0.15, -0.1) is 0 Å². The number of aromatic amines is 2. The van der Waals surface area contributed by atoms with Crippen LogP contribution in [0.5, 0.6) is 5.75 Å². The lowest BCUT2D eigenvalue weighted by molar-refractivity contribution is -0.137. The molecule has 4 aliphatic rings.